The zero-order valence-corrected chi connectivity index (χ0v) is 12.7. The van der Waals surface area contributed by atoms with Crippen molar-refractivity contribution in [2.45, 2.75) is 64.7 Å². The maximum atomic E-state index is 11.7. The summed E-state index contributed by atoms with van der Waals surface area (Å²) in [5, 5.41) is 0. The molecule has 6 atom stereocenters. The van der Waals surface area contributed by atoms with Crippen molar-refractivity contribution >= 4 is 5.78 Å². The molecule has 0 N–H and O–H groups in total. The summed E-state index contributed by atoms with van der Waals surface area (Å²) in [6.45, 7) is 2.62. The molecule has 0 aliphatic heterocycles. The van der Waals surface area contributed by atoms with Crippen molar-refractivity contribution in [1.29, 1.82) is 0 Å². The lowest BCUT2D eigenvalue weighted by molar-refractivity contribution is -0.119. The number of carbonyl (C=O) groups is 1. The Labute approximate surface area is 122 Å². The zero-order chi connectivity index (χ0) is 13.5. The molecule has 0 spiro atoms. The predicted molar refractivity (Wildman–Crippen MR) is 79.1 cm³/mol. The van der Waals surface area contributed by atoms with Crippen LogP contribution in [0.5, 0.6) is 0 Å². The fourth-order valence-electron chi connectivity index (χ4n) is 6.94. The van der Waals surface area contributed by atoms with E-state index in [2.05, 4.69) is 6.92 Å². The quantitative estimate of drug-likeness (QED) is 0.592. The van der Waals surface area contributed by atoms with Crippen molar-refractivity contribution in [3.8, 4) is 0 Å². The van der Waals surface area contributed by atoms with Gasteiger partial charge in [-0.3, -0.25) is 4.79 Å². The molecule has 0 bridgehead atoms. The molecule has 1 heteroatoms. The number of allylic oxidation sites excluding steroid dienone is 2. The number of ketones is 1. The van der Waals surface area contributed by atoms with Crippen LogP contribution in [0.3, 0.4) is 0 Å². The monoisotopic (exact) mass is 270 g/mol. The molecule has 3 saturated carbocycles. The molecule has 0 unspecified atom stereocenters. The van der Waals surface area contributed by atoms with Gasteiger partial charge in [0, 0.05) is 12.8 Å². The van der Waals surface area contributed by atoms with Gasteiger partial charge in [0.05, 0.1) is 0 Å². The second-order valence-electron chi connectivity index (χ2n) is 8.64. The fourth-order valence-corrected chi connectivity index (χ4v) is 6.94. The summed E-state index contributed by atoms with van der Waals surface area (Å²) in [4.78, 5) is 11.7. The van der Waals surface area contributed by atoms with Crippen molar-refractivity contribution in [3.63, 3.8) is 0 Å². The van der Waals surface area contributed by atoms with Gasteiger partial charge in [0.1, 0.15) is 5.78 Å². The molecule has 0 aromatic rings. The van der Waals surface area contributed by atoms with Crippen LogP contribution in [0.4, 0.5) is 0 Å². The minimum Gasteiger partial charge on any atom is -0.299 e. The van der Waals surface area contributed by atoms with Crippen LogP contribution in [0.25, 0.3) is 0 Å². The molecule has 108 valence electrons. The Bertz CT molecular complexity index is 516. The summed E-state index contributed by atoms with van der Waals surface area (Å²) in [6, 6.07) is 0. The van der Waals surface area contributed by atoms with Gasteiger partial charge in [-0.2, -0.15) is 0 Å². The van der Waals surface area contributed by atoms with E-state index in [1.54, 1.807) is 24.0 Å². The molecule has 5 rings (SSSR count). The summed E-state index contributed by atoms with van der Waals surface area (Å²) < 4.78 is 0. The van der Waals surface area contributed by atoms with Crippen LogP contribution in [-0.4, -0.2) is 5.78 Å². The van der Waals surface area contributed by atoms with Crippen molar-refractivity contribution in [3.05, 3.63) is 11.1 Å². The first-order valence-electron chi connectivity index (χ1n) is 8.89. The third-order valence-electron chi connectivity index (χ3n) is 7.97. The van der Waals surface area contributed by atoms with Crippen LogP contribution >= 0.6 is 0 Å². The van der Waals surface area contributed by atoms with Gasteiger partial charge in [0.2, 0.25) is 0 Å². The third kappa shape index (κ3) is 1.42. The predicted octanol–water partition coefficient (Wildman–Crippen LogP) is 4.52. The Morgan fingerprint density at radius 3 is 2.80 bits per heavy atom. The minimum absolute atomic E-state index is 0.505. The topological polar surface area (TPSA) is 17.1 Å². The van der Waals surface area contributed by atoms with Gasteiger partial charge in [-0.15, -0.1) is 0 Å². The molecule has 0 amide bonds. The van der Waals surface area contributed by atoms with Crippen LogP contribution in [0.15, 0.2) is 11.1 Å². The fraction of sp³-hybridized carbons (Fsp3) is 0.842. The molecule has 5 aliphatic rings. The van der Waals surface area contributed by atoms with Crippen LogP contribution in [0.1, 0.15) is 64.7 Å². The maximum absolute atomic E-state index is 11.7. The van der Waals surface area contributed by atoms with Crippen LogP contribution in [-0.2, 0) is 4.79 Å². The molecule has 20 heavy (non-hydrogen) atoms. The second-order valence-corrected chi connectivity index (χ2v) is 8.64. The summed E-state index contributed by atoms with van der Waals surface area (Å²) in [6.07, 6.45) is 11.4. The van der Waals surface area contributed by atoms with E-state index in [1.807, 2.05) is 0 Å². The molecular weight excluding hydrogens is 244 g/mol. The average molecular weight is 270 g/mol. The highest BCUT2D eigenvalue weighted by Crippen LogP contribution is 2.72. The number of hydrogen-bond donors (Lipinski definition) is 0. The SMILES string of the molecule is C[C@]12CC[C@@H]3C4=C(CC[C@H]3[C@@H]1C[C@H]1C[C@H]12)CC(=O)CC4. The van der Waals surface area contributed by atoms with Gasteiger partial charge in [-0.1, -0.05) is 18.1 Å². The van der Waals surface area contributed by atoms with Gasteiger partial charge < -0.3 is 0 Å². The van der Waals surface area contributed by atoms with Gasteiger partial charge in [-0.05, 0) is 80.0 Å². The van der Waals surface area contributed by atoms with E-state index in [1.165, 1.54) is 25.7 Å². The van der Waals surface area contributed by atoms with Crippen LogP contribution < -0.4 is 0 Å². The van der Waals surface area contributed by atoms with Crippen molar-refractivity contribution in [1.82, 2.24) is 0 Å². The van der Waals surface area contributed by atoms with Crippen molar-refractivity contribution < 1.29 is 4.79 Å². The van der Waals surface area contributed by atoms with E-state index in [9.17, 15) is 4.79 Å². The Morgan fingerprint density at radius 2 is 1.90 bits per heavy atom. The van der Waals surface area contributed by atoms with Crippen molar-refractivity contribution in [2.75, 3.05) is 0 Å². The first-order chi connectivity index (χ1) is 9.67. The number of hydrogen-bond acceptors (Lipinski definition) is 1. The largest absolute Gasteiger partial charge is 0.299 e. The minimum atomic E-state index is 0.505. The van der Waals surface area contributed by atoms with E-state index in [0.717, 1.165) is 48.9 Å². The summed E-state index contributed by atoms with van der Waals surface area (Å²) in [7, 11) is 0. The normalized spacial score (nSPS) is 53.0. The van der Waals surface area contributed by atoms with E-state index >= 15 is 0 Å². The summed E-state index contributed by atoms with van der Waals surface area (Å²) in [5.41, 5.74) is 4.05. The molecule has 0 aromatic carbocycles. The zero-order valence-electron chi connectivity index (χ0n) is 12.7. The van der Waals surface area contributed by atoms with Crippen LogP contribution in [0.2, 0.25) is 0 Å². The highest BCUT2D eigenvalue weighted by atomic mass is 16.1. The number of carbonyl (C=O) groups excluding carboxylic acids is 1. The first-order valence-corrected chi connectivity index (χ1v) is 8.89. The standard InChI is InChI=1S/C19H26O/c1-19-7-6-15-14-5-3-13(20)8-11(14)2-4-16(15)18(19)10-12-9-17(12)19/h12,15-18H,2-10H2,1H3/t12-,15-,16-,17-,18+,19-/m1/s1. The van der Waals surface area contributed by atoms with Crippen molar-refractivity contribution in [2.24, 2.45) is 35.0 Å². The molecule has 3 fully saturated rings. The molecule has 0 saturated heterocycles. The van der Waals surface area contributed by atoms with Gasteiger partial charge in [0.15, 0.2) is 0 Å². The first kappa shape index (κ1) is 12.0. The number of fused-ring (bicyclic) bond motifs is 6. The second kappa shape index (κ2) is 3.78. The highest BCUT2D eigenvalue weighted by molar-refractivity contribution is 5.82. The van der Waals surface area contributed by atoms with Crippen LogP contribution in [0, 0.1) is 35.0 Å². The Hall–Kier alpha value is -0.590. The Balaban J connectivity index is 1.49. The maximum Gasteiger partial charge on any atom is 0.137 e. The summed E-state index contributed by atoms with van der Waals surface area (Å²) >= 11 is 0. The lowest BCUT2D eigenvalue weighted by atomic mass is 9.53. The molecular formula is C19H26O. The molecule has 1 nitrogen and oxygen atoms in total. The lowest BCUT2D eigenvalue weighted by Gasteiger charge is -2.51. The van der Waals surface area contributed by atoms with Gasteiger partial charge in [0.25, 0.3) is 0 Å². The summed E-state index contributed by atoms with van der Waals surface area (Å²) in [5.74, 6) is 5.58. The molecule has 0 radical (unpaired) electrons. The Kier molecular flexibility index (Phi) is 2.27. The smallest absolute Gasteiger partial charge is 0.137 e. The number of Topliss-reactive ketones (excluding diaryl/α,β-unsaturated/α-hetero) is 1. The highest BCUT2D eigenvalue weighted by Gasteiger charge is 2.64. The van der Waals surface area contributed by atoms with Gasteiger partial charge >= 0.3 is 0 Å². The molecule has 0 aromatic heterocycles. The van der Waals surface area contributed by atoms with Gasteiger partial charge in [-0.25, -0.2) is 0 Å². The van der Waals surface area contributed by atoms with E-state index in [4.69, 9.17) is 0 Å². The molecule has 5 aliphatic carbocycles. The number of rotatable bonds is 0. The molecule has 0 heterocycles. The van der Waals surface area contributed by atoms with E-state index in [-0.39, 0.29) is 0 Å². The Morgan fingerprint density at radius 1 is 1.05 bits per heavy atom. The average Bonchev–Trinajstić information content (AvgIpc) is 3.16. The third-order valence-corrected chi connectivity index (χ3v) is 7.97. The van der Waals surface area contributed by atoms with E-state index in [0.29, 0.717) is 11.2 Å². The van der Waals surface area contributed by atoms with E-state index < -0.39 is 0 Å². The lowest BCUT2D eigenvalue weighted by Crippen LogP contribution is -2.43.